The molecule has 5 nitrogen and oxygen atoms in total. The lowest BCUT2D eigenvalue weighted by molar-refractivity contribution is -0.137. The Labute approximate surface area is 141 Å². The molecule has 0 unspecified atom stereocenters. The first-order valence-corrected chi connectivity index (χ1v) is 7.33. The molecule has 0 radical (unpaired) electrons. The van der Waals surface area contributed by atoms with Crippen LogP contribution < -0.4 is 5.32 Å². The molecule has 128 valence electrons. The molecule has 1 aromatic carbocycles. The molecule has 8 heteroatoms. The Balaban J connectivity index is 1.65. The summed E-state index contributed by atoms with van der Waals surface area (Å²) in [4.78, 5) is 16.0. The maximum atomic E-state index is 12.5. The number of rotatable bonds is 4. The molecule has 1 amide bonds. The minimum atomic E-state index is -4.43. The summed E-state index contributed by atoms with van der Waals surface area (Å²) >= 11 is 0. The number of carbonyl (C=O) groups excluding carboxylic acids is 1. The van der Waals surface area contributed by atoms with Gasteiger partial charge in [0.05, 0.1) is 12.1 Å². The number of anilines is 1. The van der Waals surface area contributed by atoms with Gasteiger partial charge in [0.15, 0.2) is 5.82 Å². The van der Waals surface area contributed by atoms with Crippen molar-refractivity contribution >= 4 is 11.7 Å². The number of aromatic nitrogens is 3. The fourth-order valence-corrected chi connectivity index (χ4v) is 2.19. The Bertz CT molecular complexity index is 858. The minimum Gasteiger partial charge on any atom is -0.305 e. The molecular formula is C17H13F3N4O. The van der Waals surface area contributed by atoms with Crippen LogP contribution in [0.5, 0.6) is 0 Å². The third kappa shape index (κ3) is 4.23. The van der Waals surface area contributed by atoms with Crippen molar-refractivity contribution in [3.63, 3.8) is 0 Å². The number of carbonyl (C=O) groups is 1. The molecule has 1 N–H and O–H groups in total. The Morgan fingerprint density at radius 2 is 1.72 bits per heavy atom. The van der Waals surface area contributed by atoms with E-state index in [4.69, 9.17) is 0 Å². The van der Waals surface area contributed by atoms with E-state index in [9.17, 15) is 18.0 Å². The maximum absolute atomic E-state index is 12.5. The molecule has 0 aliphatic heterocycles. The molecule has 0 aliphatic rings. The lowest BCUT2D eigenvalue weighted by Gasteiger charge is -2.07. The van der Waals surface area contributed by atoms with Crippen LogP contribution in [0.3, 0.4) is 0 Å². The van der Waals surface area contributed by atoms with Gasteiger partial charge >= 0.3 is 6.18 Å². The molecule has 0 atom stereocenters. The number of hydrogen-bond donors (Lipinski definition) is 1. The van der Waals surface area contributed by atoms with Gasteiger partial charge in [-0.25, -0.2) is 0 Å². The van der Waals surface area contributed by atoms with Gasteiger partial charge in [0.2, 0.25) is 0 Å². The van der Waals surface area contributed by atoms with Crippen molar-refractivity contribution in [2.24, 2.45) is 0 Å². The smallest absolute Gasteiger partial charge is 0.305 e. The summed E-state index contributed by atoms with van der Waals surface area (Å²) in [5.74, 6) is -0.207. The average Bonchev–Trinajstić information content (AvgIpc) is 3.02. The van der Waals surface area contributed by atoms with Gasteiger partial charge in [-0.15, -0.1) is 0 Å². The zero-order valence-electron chi connectivity index (χ0n) is 12.9. The van der Waals surface area contributed by atoms with Crippen molar-refractivity contribution in [2.75, 3.05) is 5.32 Å². The van der Waals surface area contributed by atoms with Crippen LogP contribution in [0.15, 0.2) is 61.1 Å². The fraction of sp³-hybridized carbons (Fsp3) is 0.118. The molecule has 25 heavy (non-hydrogen) atoms. The van der Waals surface area contributed by atoms with Crippen LogP contribution in [0.2, 0.25) is 0 Å². The van der Waals surface area contributed by atoms with Gasteiger partial charge < -0.3 is 5.32 Å². The van der Waals surface area contributed by atoms with E-state index in [0.717, 1.165) is 29.8 Å². The van der Waals surface area contributed by atoms with Crippen molar-refractivity contribution in [3.8, 4) is 0 Å². The molecule has 0 bridgehead atoms. The molecule has 3 aromatic rings. The molecule has 2 heterocycles. The second-order valence-electron chi connectivity index (χ2n) is 5.28. The number of alkyl halides is 3. The zero-order chi connectivity index (χ0) is 17.9. The first-order valence-electron chi connectivity index (χ1n) is 7.33. The van der Waals surface area contributed by atoms with Crippen molar-refractivity contribution < 1.29 is 18.0 Å². The fourth-order valence-electron chi connectivity index (χ4n) is 2.19. The summed E-state index contributed by atoms with van der Waals surface area (Å²) in [7, 11) is 0. The summed E-state index contributed by atoms with van der Waals surface area (Å²) < 4.78 is 39.2. The lowest BCUT2D eigenvalue weighted by atomic mass is 10.1. The molecule has 2 aromatic heterocycles. The molecule has 0 fully saturated rings. The topological polar surface area (TPSA) is 59.8 Å². The first kappa shape index (κ1) is 16.7. The monoisotopic (exact) mass is 346 g/mol. The van der Waals surface area contributed by atoms with Crippen molar-refractivity contribution in [1.82, 2.24) is 14.8 Å². The predicted octanol–water partition coefficient (Wildman–Crippen LogP) is 3.60. The Morgan fingerprint density at radius 3 is 2.36 bits per heavy atom. The summed E-state index contributed by atoms with van der Waals surface area (Å²) in [6.07, 6.45) is 0.613. The van der Waals surface area contributed by atoms with Crippen LogP contribution >= 0.6 is 0 Å². The quantitative estimate of drug-likeness (QED) is 0.785. The number of pyridine rings is 1. The van der Waals surface area contributed by atoms with Crippen LogP contribution in [0, 0.1) is 0 Å². The van der Waals surface area contributed by atoms with Gasteiger partial charge in [-0.2, -0.15) is 18.3 Å². The second-order valence-corrected chi connectivity index (χ2v) is 5.28. The third-order valence-corrected chi connectivity index (χ3v) is 3.45. The van der Waals surface area contributed by atoms with E-state index >= 15 is 0 Å². The zero-order valence-corrected chi connectivity index (χ0v) is 12.9. The first-order chi connectivity index (χ1) is 11.9. The van der Waals surface area contributed by atoms with Gasteiger partial charge in [-0.1, -0.05) is 0 Å². The Kier molecular flexibility index (Phi) is 4.51. The molecule has 0 saturated heterocycles. The normalized spacial score (nSPS) is 11.3. The number of benzene rings is 1. The Morgan fingerprint density at radius 1 is 1.04 bits per heavy atom. The largest absolute Gasteiger partial charge is 0.416 e. The number of halogens is 3. The van der Waals surface area contributed by atoms with Gasteiger partial charge in [0.1, 0.15) is 0 Å². The molecule has 0 saturated carbocycles. The van der Waals surface area contributed by atoms with Gasteiger partial charge in [-0.05, 0) is 42.0 Å². The highest BCUT2D eigenvalue weighted by molar-refractivity contribution is 6.03. The highest BCUT2D eigenvalue weighted by Gasteiger charge is 2.30. The van der Waals surface area contributed by atoms with Gasteiger partial charge in [0.25, 0.3) is 5.91 Å². The standard InChI is InChI=1S/C17H13F3N4O/c18-17(19,20)14-3-1-13(2-4-14)16(25)22-15-7-10-24(23-15)11-12-5-8-21-9-6-12/h1-10H,11H2,(H,22,23,25). The van der Waals surface area contributed by atoms with E-state index in [-0.39, 0.29) is 5.56 Å². The van der Waals surface area contributed by atoms with Gasteiger partial charge in [-0.3, -0.25) is 14.5 Å². The summed E-state index contributed by atoms with van der Waals surface area (Å²) in [5.41, 5.74) is 0.320. The van der Waals surface area contributed by atoms with E-state index in [0.29, 0.717) is 12.4 Å². The van der Waals surface area contributed by atoms with Crippen molar-refractivity contribution in [3.05, 3.63) is 77.7 Å². The van der Waals surface area contributed by atoms with Crippen LogP contribution in [-0.4, -0.2) is 20.7 Å². The lowest BCUT2D eigenvalue weighted by Crippen LogP contribution is -2.13. The van der Waals surface area contributed by atoms with Crippen LogP contribution in [-0.2, 0) is 12.7 Å². The highest BCUT2D eigenvalue weighted by Crippen LogP contribution is 2.29. The summed E-state index contributed by atoms with van der Waals surface area (Å²) in [6.45, 7) is 0.513. The van der Waals surface area contributed by atoms with E-state index in [2.05, 4.69) is 15.4 Å². The van der Waals surface area contributed by atoms with E-state index in [1.54, 1.807) is 29.3 Å². The van der Waals surface area contributed by atoms with E-state index in [1.807, 2.05) is 12.1 Å². The predicted molar refractivity (Wildman–Crippen MR) is 85.0 cm³/mol. The Hall–Kier alpha value is -3.16. The number of nitrogens with one attached hydrogen (secondary N) is 1. The molecule has 0 aliphatic carbocycles. The number of amides is 1. The van der Waals surface area contributed by atoms with Crippen molar-refractivity contribution in [2.45, 2.75) is 12.7 Å². The minimum absolute atomic E-state index is 0.122. The second kappa shape index (κ2) is 6.76. The van der Waals surface area contributed by atoms with Crippen LogP contribution in [0.25, 0.3) is 0 Å². The maximum Gasteiger partial charge on any atom is 0.416 e. The summed E-state index contributed by atoms with van der Waals surface area (Å²) in [5, 5.41) is 6.77. The SMILES string of the molecule is O=C(Nc1ccn(Cc2ccncc2)n1)c1ccc(C(F)(F)F)cc1. The van der Waals surface area contributed by atoms with Gasteiger partial charge in [0, 0.05) is 30.2 Å². The highest BCUT2D eigenvalue weighted by atomic mass is 19.4. The molecule has 0 spiro atoms. The summed E-state index contributed by atoms with van der Waals surface area (Å²) in [6, 6.07) is 9.32. The number of hydrogen-bond acceptors (Lipinski definition) is 3. The van der Waals surface area contributed by atoms with E-state index in [1.165, 1.54) is 0 Å². The van der Waals surface area contributed by atoms with Crippen molar-refractivity contribution in [1.29, 1.82) is 0 Å². The van der Waals surface area contributed by atoms with Crippen LogP contribution in [0.4, 0.5) is 19.0 Å². The average molecular weight is 346 g/mol. The third-order valence-electron chi connectivity index (χ3n) is 3.45. The molecule has 3 rings (SSSR count). The molecular weight excluding hydrogens is 333 g/mol. The van der Waals surface area contributed by atoms with Crippen LogP contribution in [0.1, 0.15) is 21.5 Å². The van der Waals surface area contributed by atoms with E-state index < -0.39 is 17.6 Å². The number of nitrogens with zero attached hydrogens (tertiary/aromatic N) is 3.